The molecule has 1 fully saturated rings. The lowest BCUT2D eigenvalue weighted by Gasteiger charge is -2.25. The smallest absolute Gasteiger partial charge is 0.342 e. The highest BCUT2D eigenvalue weighted by Crippen LogP contribution is 2.36. The van der Waals surface area contributed by atoms with Crippen molar-refractivity contribution in [1.29, 1.82) is 0 Å². The van der Waals surface area contributed by atoms with E-state index in [4.69, 9.17) is 33.2 Å². The van der Waals surface area contributed by atoms with Crippen LogP contribution in [0, 0.1) is 11.8 Å². The summed E-state index contributed by atoms with van der Waals surface area (Å²) in [6.45, 7) is 24.6. The lowest BCUT2D eigenvalue weighted by Crippen LogP contribution is -2.37. The quantitative estimate of drug-likeness (QED) is 0.0564. The van der Waals surface area contributed by atoms with E-state index in [1.54, 1.807) is 18.2 Å². The van der Waals surface area contributed by atoms with Crippen LogP contribution in [0.4, 0.5) is 0 Å². The van der Waals surface area contributed by atoms with E-state index in [0.717, 1.165) is 12.1 Å². The largest absolute Gasteiger partial charge is 0.494 e. The van der Waals surface area contributed by atoms with Crippen molar-refractivity contribution in [1.82, 2.24) is 0 Å². The Morgan fingerprint density at radius 1 is 0.868 bits per heavy atom. The van der Waals surface area contributed by atoms with Gasteiger partial charge in [-0.15, -0.1) is 0 Å². The Morgan fingerprint density at radius 3 is 2.15 bits per heavy atom. The monoisotopic (exact) mass is 768 g/mol. The molecule has 294 valence electrons. The van der Waals surface area contributed by atoms with E-state index in [0.29, 0.717) is 53.7 Å². The molecular weight excluding hydrogens is 705 g/mol. The number of methoxy groups -OCH3 is 1. The fraction of sp³-hybridized carbons (Fsp3) is 0.571. The predicted molar refractivity (Wildman–Crippen MR) is 217 cm³/mol. The summed E-state index contributed by atoms with van der Waals surface area (Å²) < 4.78 is 42.2. The van der Waals surface area contributed by atoms with Crippen LogP contribution in [0.25, 0.3) is 6.08 Å². The van der Waals surface area contributed by atoms with Gasteiger partial charge in [0, 0.05) is 29.3 Å². The van der Waals surface area contributed by atoms with Crippen molar-refractivity contribution in [2.75, 3.05) is 27.1 Å². The Hall–Kier alpha value is -3.23. The van der Waals surface area contributed by atoms with Crippen LogP contribution in [-0.4, -0.2) is 79.3 Å². The van der Waals surface area contributed by atoms with Crippen LogP contribution in [0.2, 0.25) is 51.4 Å². The molecule has 1 heterocycles. The average molecular weight is 769 g/mol. The van der Waals surface area contributed by atoms with Crippen molar-refractivity contribution >= 4 is 34.2 Å². The summed E-state index contributed by atoms with van der Waals surface area (Å²) in [6, 6.07) is 14.3. The van der Waals surface area contributed by atoms with Crippen LogP contribution in [0.15, 0.2) is 60.7 Å². The molecule has 2 aromatic carbocycles. The van der Waals surface area contributed by atoms with Gasteiger partial charge in [-0.3, -0.25) is 0 Å². The van der Waals surface area contributed by atoms with Crippen molar-refractivity contribution in [2.45, 2.75) is 117 Å². The molecule has 2 aromatic rings. The summed E-state index contributed by atoms with van der Waals surface area (Å²) in [4.78, 5) is 27.1. The Kier molecular flexibility index (Phi) is 16.6. The zero-order valence-electron chi connectivity index (χ0n) is 34.2. The molecule has 0 radical (unpaired) electrons. The summed E-state index contributed by atoms with van der Waals surface area (Å²) >= 11 is 0. The first-order chi connectivity index (χ1) is 24.8. The lowest BCUT2D eigenvalue weighted by atomic mass is 9.95. The predicted octanol–water partition coefficient (Wildman–Crippen LogP) is 9.88. The molecule has 1 aliphatic rings. The minimum atomic E-state index is -1.45. The lowest BCUT2D eigenvalue weighted by molar-refractivity contribution is -0.152. The molecule has 0 aromatic heterocycles. The van der Waals surface area contributed by atoms with Crippen LogP contribution in [0.3, 0.4) is 0 Å². The molecule has 9 nitrogen and oxygen atoms in total. The summed E-state index contributed by atoms with van der Waals surface area (Å²) in [5, 5.41) is 0. The average Bonchev–Trinajstić information content (AvgIpc) is 3.37. The first-order valence-corrected chi connectivity index (χ1v) is 26.3. The molecule has 1 aliphatic heterocycles. The van der Waals surface area contributed by atoms with Crippen molar-refractivity contribution in [2.24, 2.45) is 11.8 Å². The third-order valence-corrected chi connectivity index (χ3v) is 12.4. The van der Waals surface area contributed by atoms with E-state index in [-0.39, 0.29) is 12.7 Å². The van der Waals surface area contributed by atoms with Crippen molar-refractivity contribution < 1.29 is 42.7 Å². The zero-order chi connectivity index (χ0) is 39.4. The number of ether oxygens (including phenoxy) is 7. The fourth-order valence-corrected chi connectivity index (χ4v) is 6.85. The van der Waals surface area contributed by atoms with E-state index in [1.165, 1.54) is 7.11 Å². The highest BCUT2D eigenvalue weighted by molar-refractivity contribution is 6.76. The van der Waals surface area contributed by atoms with Crippen molar-refractivity contribution in [3.8, 4) is 11.5 Å². The van der Waals surface area contributed by atoms with E-state index in [2.05, 4.69) is 66.1 Å². The Labute approximate surface area is 320 Å². The third-order valence-electron chi connectivity index (χ3n) is 8.97. The molecule has 1 saturated heterocycles. The number of rotatable bonds is 20. The molecule has 0 spiro atoms. The van der Waals surface area contributed by atoms with E-state index >= 15 is 0 Å². The van der Waals surface area contributed by atoms with Crippen molar-refractivity contribution in [3.05, 3.63) is 77.4 Å². The Morgan fingerprint density at radius 2 is 1.53 bits per heavy atom. The highest BCUT2D eigenvalue weighted by Gasteiger charge is 2.45. The number of hydrogen-bond donors (Lipinski definition) is 0. The minimum absolute atomic E-state index is 0.0489. The van der Waals surface area contributed by atoms with Gasteiger partial charge in [-0.2, -0.15) is 0 Å². The van der Waals surface area contributed by atoms with Gasteiger partial charge in [-0.05, 0) is 74.0 Å². The highest BCUT2D eigenvalue weighted by atomic mass is 28.3. The maximum atomic E-state index is 13.7. The third kappa shape index (κ3) is 15.2. The molecular formula is C42H64O9Si2. The zero-order valence-corrected chi connectivity index (χ0v) is 36.2. The molecule has 4 atom stereocenters. The first-order valence-electron chi connectivity index (χ1n) is 18.8. The second-order valence-electron chi connectivity index (χ2n) is 17.0. The molecule has 11 heteroatoms. The molecule has 0 amide bonds. The van der Waals surface area contributed by atoms with Gasteiger partial charge < -0.3 is 33.2 Å². The molecule has 0 bridgehead atoms. The molecule has 2 unspecified atom stereocenters. The maximum Gasteiger partial charge on any atom is 0.342 e. The number of carbonyl (C=O) groups excluding carboxylic acids is 2. The van der Waals surface area contributed by atoms with Gasteiger partial charge in [0.1, 0.15) is 29.3 Å². The first kappa shape index (κ1) is 44.2. The number of allylic oxidation sites excluding steroid dienone is 1. The van der Waals surface area contributed by atoms with Gasteiger partial charge in [-0.25, -0.2) is 9.59 Å². The SMILES string of the molecule is COCOc1cc(OCC[Si](C)(C)C)cc(/C=C/C[C@H]2OC(C)(C)O[C@@H]2C(/C=C\C(C)C(C)C)OC(=O)c2ccccc2)c1C(=O)OCC[Si](C)(C)C. The second kappa shape index (κ2) is 19.9. The summed E-state index contributed by atoms with van der Waals surface area (Å²) in [7, 11) is -1.27. The number of benzene rings is 2. The molecule has 3 rings (SSSR count). The maximum absolute atomic E-state index is 13.7. The van der Waals surface area contributed by atoms with Gasteiger partial charge in [-0.1, -0.05) is 96.5 Å². The van der Waals surface area contributed by atoms with Crippen LogP contribution < -0.4 is 9.47 Å². The van der Waals surface area contributed by atoms with Crippen LogP contribution in [0.5, 0.6) is 11.5 Å². The van der Waals surface area contributed by atoms with E-state index < -0.39 is 52.2 Å². The molecule has 0 aliphatic carbocycles. The normalized spacial score (nSPS) is 18.7. The van der Waals surface area contributed by atoms with Crippen LogP contribution >= 0.6 is 0 Å². The number of esters is 2. The second-order valence-corrected chi connectivity index (χ2v) is 28.3. The Bertz CT molecular complexity index is 1520. The minimum Gasteiger partial charge on any atom is -0.494 e. The van der Waals surface area contributed by atoms with E-state index in [1.807, 2.05) is 56.3 Å². The summed E-state index contributed by atoms with van der Waals surface area (Å²) in [6.07, 6.45) is 6.43. The summed E-state index contributed by atoms with van der Waals surface area (Å²) in [5.41, 5.74) is 1.35. The van der Waals surface area contributed by atoms with Crippen molar-refractivity contribution in [3.63, 3.8) is 0 Å². The molecule has 0 saturated carbocycles. The fourth-order valence-electron chi connectivity index (χ4n) is 5.42. The summed E-state index contributed by atoms with van der Waals surface area (Å²) in [5.74, 6) is -0.269. The number of hydrogen-bond acceptors (Lipinski definition) is 9. The topological polar surface area (TPSA) is 98.8 Å². The molecule has 53 heavy (non-hydrogen) atoms. The Balaban J connectivity index is 1.99. The van der Waals surface area contributed by atoms with Gasteiger partial charge in [0.25, 0.3) is 0 Å². The van der Waals surface area contributed by atoms with E-state index in [9.17, 15) is 9.59 Å². The number of carbonyl (C=O) groups is 2. The van der Waals surface area contributed by atoms with Gasteiger partial charge in [0.15, 0.2) is 12.6 Å². The van der Waals surface area contributed by atoms with Gasteiger partial charge >= 0.3 is 11.9 Å². The van der Waals surface area contributed by atoms with Crippen LogP contribution in [0.1, 0.15) is 67.3 Å². The van der Waals surface area contributed by atoms with Crippen LogP contribution in [-0.2, 0) is 23.7 Å². The molecule has 0 N–H and O–H groups in total. The standard InChI is InChI=1S/C42H64O9Si2/c1-30(2)31(3)21-22-35(49-40(43)32-17-14-13-15-18-32)39-36(50-42(4,5)51-39)20-16-19-33-27-34(46-23-25-52(7,8)9)28-37(48-29-45-6)38(33)41(44)47-24-26-53(10,11)12/h13-19,21-22,27-28,30-31,35-36,39H,20,23-26,29H2,1-12H3/b19-16+,22-21-/t31?,35?,36-,39-/m1/s1. The van der Waals surface area contributed by atoms with Gasteiger partial charge in [0.05, 0.1) is 24.9 Å². The van der Waals surface area contributed by atoms with Gasteiger partial charge in [0.2, 0.25) is 0 Å².